The van der Waals surface area contributed by atoms with Crippen LogP contribution in [0.2, 0.25) is 0 Å². The van der Waals surface area contributed by atoms with Crippen LogP contribution in [-0.2, 0) is 25.9 Å². The molecule has 3 N–H and O–H groups in total. The summed E-state index contributed by atoms with van der Waals surface area (Å²) in [6.07, 6.45) is -0.689. The summed E-state index contributed by atoms with van der Waals surface area (Å²) >= 11 is 0. The van der Waals surface area contributed by atoms with Gasteiger partial charge in [-0.3, -0.25) is 4.79 Å². The van der Waals surface area contributed by atoms with Crippen LogP contribution in [0.25, 0.3) is 0 Å². The molecule has 0 saturated carbocycles. The van der Waals surface area contributed by atoms with Crippen LogP contribution >= 0.6 is 0 Å². The van der Waals surface area contributed by atoms with E-state index in [9.17, 15) is 22.8 Å². The first-order valence-electron chi connectivity index (χ1n) is 9.41. The monoisotopic (exact) mass is 425 g/mol. The molecule has 0 bridgehead atoms. The number of urea groups is 1. The van der Waals surface area contributed by atoms with Crippen molar-refractivity contribution in [3.05, 3.63) is 35.4 Å². The maximum absolute atomic E-state index is 12.2. The molecular weight excluding hydrogens is 398 g/mol. The lowest BCUT2D eigenvalue weighted by Crippen LogP contribution is -2.42. The van der Waals surface area contributed by atoms with E-state index in [0.29, 0.717) is 13.0 Å². The second-order valence-corrected chi connectivity index (χ2v) is 9.56. The van der Waals surface area contributed by atoms with Gasteiger partial charge in [0.1, 0.15) is 0 Å². The molecule has 0 unspecified atom stereocenters. The molecule has 2 atom stereocenters. The normalized spacial score (nSPS) is 18.7. The quantitative estimate of drug-likeness (QED) is 0.553. The lowest BCUT2D eigenvalue weighted by Gasteiger charge is -2.16. The van der Waals surface area contributed by atoms with Crippen LogP contribution in [0.4, 0.5) is 4.79 Å². The molecule has 9 nitrogen and oxygen atoms in total. The predicted octanol–water partition coefficient (Wildman–Crippen LogP) is 0.743. The number of esters is 1. The minimum absolute atomic E-state index is 0.0319. The van der Waals surface area contributed by atoms with Gasteiger partial charge in [0.2, 0.25) is 0 Å². The van der Waals surface area contributed by atoms with Gasteiger partial charge in [0.05, 0.1) is 17.1 Å². The topological polar surface area (TPSA) is 131 Å². The molecule has 1 aromatic carbocycles. The van der Waals surface area contributed by atoms with E-state index in [1.54, 1.807) is 24.3 Å². The Labute approximate surface area is 170 Å². The fourth-order valence-corrected chi connectivity index (χ4v) is 4.44. The first kappa shape index (κ1) is 22.7. The van der Waals surface area contributed by atoms with Gasteiger partial charge in [-0.2, -0.15) is 0 Å². The summed E-state index contributed by atoms with van der Waals surface area (Å²) in [5.74, 6) is -1.24. The average Bonchev–Trinajstić information content (AvgIpc) is 2.98. The summed E-state index contributed by atoms with van der Waals surface area (Å²) in [6, 6.07) is 5.76. The zero-order chi connectivity index (χ0) is 21.6. The molecule has 0 radical (unpaired) electrons. The Bertz CT molecular complexity index is 851. The molecule has 3 amide bonds. The Balaban J connectivity index is 1.82. The lowest BCUT2D eigenvalue weighted by molar-refractivity contribution is -0.129. The third kappa shape index (κ3) is 7.37. The summed E-state index contributed by atoms with van der Waals surface area (Å²) in [5, 5.41) is 8.01. The van der Waals surface area contributed by atoms with Gasteiger partial charge in [-0.1, -0.05) is 12.1 Å². The van der Waals surface area contributed by atoms with Gasteiger partial charge < -0.3 is 20.7 Å². The molecule has 1 fully saturated rings. The molecular formula is C19H27N3O6S. The number of hydrogen-bond acceptors (Lipinski definition) is 6. The maximum Gasteiger partial charge on any atom is 0.338 e. The Morgan fingerprint density at radius 3 is 2.34 bits per heavy atom. The number of ether oxygens (including phenoxy) is 1. The second kappa shape index (κ2) is 9.73. The first-order chi connectivity index (χ1) is 13.6. The number of amides is 3. The second-order valence-electron chi connectivity index (χ2n) is 7.33. The Hall–Kier alpha value is -2.62. The Kier molecular flexibility index (Phi) is 7.60. The molecule has 10 heteroatoms. The highest BCUT2D eigenvalue weighted by Crippen LogP contribution is 2.12. The molecule has 1 aliphatic rings. The average molecular weight is 426 g/mol. The zero-order valence-corrected chi connectivity index (χ0v) is 17.5. The molecule has 29 heavy (non-hydrogen) atoms. The maximum atomic E-state index is 12.2. The van der Waals surface area contributed by atoms with E-state index in [1.165, 1.54) is 6.92 Å². The summed E-state index contributed by atoms with van der Waals surface area (Å²) in [6.45, 7) is 5.45. The number of rotatable bonds is 7. The van der Waals surface area contributed by atoms with E-state index in [1.807, 2.05) is 13.8 Å². The van der Waals surface area contributed by atoms with Gasteiger partial charge in [0.15, 0.2) is 15.9 Å². The molecule has 160 valence electrons. The van der Waals surface area contributed by atoms with Crippen molar-refractivity contribution in [2.45, 2.75) is 51.9 Å². The van der Waals surface area contributed by atoms with Crippen LogP contribution in [0, 0.1) is 0 Å². The first-order valence-corrected chi connectivity index (χ1v) is 11.2. The molecule has 0 spiro atoms. The Morgan fingerprint density at radius 2 is 1.79 bits per heavy atom. The highest BCUT2D eigenvalue weighted by molar-refractivity contribution is 7.91. The van der Waals surface area contributed by atoms with E-state index in [2.05, 4.69) is 16.0 Å². The summed E-state index contributed by atoms with van der Waals surface area (Å²) < 4.78 is 28.1. The molecule has 0 aliphatic carbocycles. The highest BCUT2D eigenvalue weighted by Gasteiger charge is 2.30. The highest BCUT2D eigenvalue weighted by atomic mass is 32.2. The van der Waals surface area contributed by atoms with Crippen LogP contribution in [-0.4, -0.2) is 56.0 Å². The van der Waals surface area contributed by atoms with Gasteiger partial charge in [-0.05, 0) is 44.9 Å². The zero-order valence-electron chi connectivity index (χ0n) is 16.7. The number of benzene rings is 1. The van der Waals surface area contributed by atoms with Gasteiger partial charge in [-0.25, -0.2) is 18.0 Å². The number of hydrogen-bond donors (Lipinski definition) is 3. The van der Waals surface area contributed by atoms with Crippen molar-refractivity contribution < 1.29 is 27.5 Å². The third-order valence-corrected chi connectivity index (χ3v) is 6.06. The van der Waals surface area contributed by atoms with Gasteiger partial charge in [0.25, 0.3) is 5.91 Å². The van der Waals surface area contributed by atoms with Gasteiger partial charge in [0, 0.05) is 18.6 Å². The van der Waals surface area contributed by atoms with Crippen molar-refractivity contribution in [1.82, 2.24) is 16.0 Å². The summed E-state index contributed by atoms with van der Waals surface area (Å²) in [5.41, 5.74) is 1.07. The van der Waals surface area contributed by atoms with Crippen LogP contribution in [0.1, 0.15) is 43.1 Å². The molecule has 1 heterocycles. The van der Waals surface area contributed by atoms with Gasteiger partial charge >= 0.3 is 12.0 Å². The molecule has 1 aromatic rings. The molecule has 2 rings (SSSR count). The van der Waals surface area contributed by atoms with E-state index >= 15 is 0 Å². The third-order valence-electron chi connectivity index (χ3n) is 4.29. The number of carbonyl (C=O) groups excluding carboxylic acids is 3. The largest absolute Gasteiger partial charge is 0.449 e. The van der Waals surface area contributed by atoms with Crippen molar-refractivity contribution in [2.24, 2.45) is 0 Å². The molecule has 1 aliphatic heterocycles. The van der Waals surface area contributed by atoms with Crippen molar-refractivity contribution in [2.75, 3.05) is 11.5 Å². The van der Waals surface area contributed by atoms with Crippen LogP contribution in [0.3, 0.4) is 0 Å². The Morgan fingerprint density at radius 1 is 1.14 bits per heavy atom. The van der Waals surface area contributed by atoms with Crippen LogP contribution < -0.4 is 16.0 Å². The van der Waals surface area contributed by atoms with Crippen molar-refractivity contribution in [3.8, 4) is 0 Å². The summed E-state index contributed by atoms with van der Waals surface area (Å²) in [7, 11) is -3.11. The number of nitrogens with one attached hydrogen (secondary N) is 3. The molecule has 0 aromatic heterocycles. The van der Waals surface area contributed by atoms with Crippen molar-refractivity contribution in [3.63, 3.8) is 0 Å². The van der Waals surface area contributed by atoms with E-state index < -0.39 is 33.9 Å². The molecule has 1 saturated heterocycles. The number of sulfone groups is 1. The smallest absolute Gasteiger partial charge is 0.338 e. The van der Waals surface area contributed by atoms with Crippen molar-refractivity contribution >= 4 is 27.7 Å². The summed E-state index contributed by atoms with van der Waals surface area (Å²) in [4.78, 5) is 35.9. The van der Waals surface area contributed by atoms with E-state index in [-0.39, 0.29) is 29.1 Å². The van der Waals surface area contributed by atoms with Crippen LogP contribution in [0.15, 0.2) is 24.3 Å². The minimum atomic E-state index is -3.11. The fourth-order valence-electron chi connectivity index (χ4n) is 2.76. The number of carbonyl (C=O) groups is 3. The predicted molar refractivity (Wildman–Crippen MR) is 107 cm³/mol. The van der Waals surface area contributed by atoms with Crippen LogP contribution in [0.5, 0.6) is 0 Å². The standard InChI is InChI=1S/C19H27N3O6S/c1-12(2)21-19(25)20-10-14-4-6-15(7-5-14)18(24)28-13(3)17(23)22-16-8-9-29(26,27)11-16/h4-7,12-13,16H,8-11H2,1-3H3,(H,22,23)(H2,20,21,25)/t13-,16+/m1/s1. The SMILES string of the molecule is CC(C)NC(=O)NCc1ccc(C(=O)O[C@H](C)C(=O)N[C@H]2CCS(=O)(=O)C2)cc1. The fraction of sp³-hybridized carbons (Fsp3) is 0.526. The van der Waals surface area contributed by atoms with Crippen molar-refractivity contribution in [1.29, 1.82) is 0 Å². The van der Waals surface area contributed by atoms with E-state index in [4.69, 9.17) is 4.74 Å². The van der Waals surface area contributed by atoms with Gasteiger partial charge in [-0.15, -0.1) is 0 Å². The van der Waals surface area contributed by atoms with E-state index in [0.717, 1.165) is 5.56 Å². The lowest BCUT2D eigenvalue weighted by atomic mass is 10.1. The minimum Gasteiger partial charge on any atom is -0.449 e.